The average Bonchev–Trinajstić information content (AvgIpc) is 2.61. The van der Waals surface area contributed by atoms with E-state index in [1.807, 2.05) is 55.5 Å². The second kappa shape index (κ2) is 8.74. The maximum absolute atomic E-state index is 11.6. The van der Waals surface area contributed by atoms with Crippen molar-refractivity contribution in [2.24, 2.45) is 0 Å². The van der Waals surface area contributed by atoms with Crippen LogP contribution in [0, 0.1) is 6.92 Å². The van der Waals surface area contributed by atoms with Gasteiger partial charge < -0.3 is 9.47 Å². The minimum absolute atomic E-state index is 0.433. The molecule has 24 heavy (non-hydrogen) atoms. The van der Waals surface area contributed by atoms with Crippen LogP contribution in [0.3, 0.4) is 0 Å². The Balaban J connectivity index is 2.27. The number of benzene rings is 2. The van der Waals surface area contributed by atoms with Gasteiger partial charge in [-0.2, -0.15) is 0 Å². The van der Waals surface area contributed by atoms with E-state index in [-0.39, 0.29) is 0 Å². The lowest BCUT2D eigenvalue weighted by Gasteiger charge is -2.15. The molecule has 0 atom stereocenters. The Hall–Kier alpha value is -2.79. The molecule has 0 spiro atoms. The van der Waals surface area contributed by atoms with Gasteiger partial charge in [-0.15, -0.1) is 0 Å². The van der Waals surface area contributed by atoms with Crippen molar-refractivity contribution in [2.45, 2.75) is 13.5 Å². The smallest absolute Gasteiger partial charge is 0.332 e. The lowest BCUT2D eigenvalue weighted by molar-refractivity contribution is -0.134. The fourth-order valence-corrected chi connectivity index (χ4v) is 2.19. The topological polar surface area (TPSA) is 56.8 Å². The number of carbonyl (C=O) groups is 1. The van der Waals surface area contributed by atoms with Crippen LogP contribution in [-0.4, -0.2) is 20.2 Å². The molecule has 0 aliphatic heterocycles. The van der Waals surface area contributed by atoms with Gasteiger partial charge in [0, 0.05) is 11.6 Å². The lowest BCUT2D eigenvalue weighted by atomic mass is 10.1. The molecule has 126 valence electrons. The van der Waals surface area contributed by atoms with Crippen molar-refractivity contribution in [1.29, 1.82) is 0 Å². The van der Waals surface area contributed by atoms with Crippen molar-refractivity contribution in [3.63, 3.8) is 0 Å². The quantitative estimate of drug-likeness (QED) is 0.481. The van der Waals surface area contributed by atoms with E-state index in [0.717, 1.165) is 11.1 Å². The summed E-state index contributed by atoms with van der Waals surface area (Å²) in [5.74, 6) is 0.156. The summed E-state index contributed by atoms with van der Waals surface area (Å²) in [6.45, 7) is 2.47. The highest BCUT2D eigenvalue weighted by molar-refractivity contribution is 5.91. The molecular weight excluding hydrogens is 306 g/mol. The summed E-state index contributed by atoms with van der Waals surface area (Å²) < 4.78 is 10.6. The number of carbonyl (C=O) groups excluding carboxylic acids is 1. The minimum atomic E-state index is -0.483. The number of para-hydroxylation sites is 1. The summed E-state index contributed by atoms with van der Waals surface area (Å²) in [4.78, 5) is 16.5. The Bertz CT molecular complexity index is 725. The predicted octanol–water partition coefficient (Wildman–Crippen LogP) is 3.24. The molecule has 0 fully saturated rings. The zero-order chi connectivity index (χ0) is 17.4. The van der Waals surface area contributed by atoms with Crippen LogP contribution < -0.4 is 10.2 Å². The van der Waals surface area contributed by atoms with Gasteiger partial charge in [0.1, 0.15) is 12.4 Å². The van der Waals surface area contributed by atoms with E-state index < -0.39 is 5.97 Å². The van der Waals surface area contributed by atoms with Crippen molar-refractivity contribution in [3.05, 3.63) is 71.3 Å². The van der Waals surface area contributed by atoms with E-state index in [4.69, 9.17) is 9.57 Å². The number of hydrogen-bond donors (Lipinski definition) is 1. The number of hydrogen-bond acceptors (Lipinski definition) is 5. The Morgan fingerprint density at radius 3 is 2.50 bits per heavy atom. The largest absolute Gasteiger partial charge is 0.488 e. The van der Waals surface area contributed by atoms with Gasteiger partial charge in [0.25, 0.3) is 0 Å². The Labute approximate surface area is 141 Å². The number of nitrogens with one attached hydrogen (secondary N) is 1. The van der Waals surface area contributed by atoms with Gasteiger partial charge in [0.05, 0.1) is 19.9 Å². The third-order valence-corrected chi connectivity index (χ3v) is 3.50. The molecule has 5 nitrogen and oxygen atoms in total. The van der Waals surface area contributed by atoms with E-state index >= 15 is 0 Å². The first-order valence-corrected chi connectivity index (χ1v) is 7.51. The van der Waals surface area contributed by atoms with E-state index in [1.165, 1.54) is 20.3 Å². The standard InChI is InChI=1S/C19H21NO4/c1-14-8-4-5-9-15(14)13-24-18-11-7-6-10-16(18)17(20-23-3)12-19(21)22-2/h4-12,20H,13H2,1-3H3. The van der Waals surface area contributed by atoms with Gasteiger partial charge in [0.2, 0.25) is 0 Å². The highest BCUT2D eigenvalue weighted by Crippen LogP contribution is 2.25. The van der Waals surface area contributed by atoms with Crippen molar-refractivity contribution in [3.8, 4) is 5.75 Å². The average molecular weight is 327 g/mol. The zero-order valence-corrected chi connectivity index (χ0v) is 14.0. The molecule has 1 N–H and O–H groups in total. The molecule has 0 saturated heterocycles. The summed E-state index contributed by atoms with van der Waals surface area (Å²) in [5.41, 5.74) is 6.13. The van der Waals surface area contributed by atoms with Crippen LogP contribution >= 0.6 is 0 Å². The second-order valence-corrected chi connectivity index (χ2v) is 5.10. The first-order chi connectivity index (χ1) is 11.7. The van der Waals surface area contributed by atoms with Gasteiger partial charge in [-0.05, 0) is 30.2 Å². The second-order valence-electron chi connectivity index (χ2n) is 5.10. The van der Waals surface area contributed by atoms with Crippen LogP contribution in [-0.2, 0) is 21.0 Å². The monoisotopic (exact) mass is 327 g/mol. The number of esters is 1. The third-order valence-electron chi connectivity index (χ3n) is 3.50. The normalized spacial score (nSPS) is 11.0. The van der Waals surface area contributed by atoms with Gasteiger partial charge in [-0.3, -0.25) is 10.3 Å². The molecule has 0 unspecified atom stereocenters. The molecular formula is C19H21NO4. The van der Waals surface area contributed by atoms with Crippen LogP contribution in [0.1, 0.15) is 16.7 Å². The fourth-order valence-electron chi connectivity index (χ4n) is 2.19. The molecule has 2 aromatic rings. The molecule has 0 heterocycles. The van der Waals surface area contributed by atoms with Gasteiger partial charge in [-0.1, -0.05) is 36.4 Å². The highest BCUT2D eigenvalue weighted by atomic mass is 16.6. The number of rotatable bonds is 7. The van der Waals surface area contributed by atoms with E-state index in [9.17, 15) is 4.79 Å². The maximum atomic E-state index is 11.6. The highest BCUT2D eigenvalue weighted by Gasteiger charge is 2.11. The molecule has 0 amide bonds. The fraction of sp³-hybridized carbons (Fsp3) is 0.211. The first kappa shape index (κ1) is 17.6. The van der Waals surface area contributed by atoms with E-state index in [2.05, 4.69) is 10.2 Å². The number of aryl methyl sites for hydroxylation is 1. The Morgan fingerprint density at radius 2 is 1.79 bits per heavy atom. The van der Waals surface area contributed by atoms with E-state index in [1.54, 1.807) is 0 Å². The maximum Gasteiger partial charge on any atom is 0.332 e. The Morgan fingerprint density at radius 1 is 1.08 bits per heavy atom. The van der Waals surface area contributed by atoms with Crippen molar-refractivity contribution in [2.75, 3.05) is 14.2 Å². The van der Waals surface area contributed by atoms with Gasteiger partial charge >= 0.3 is 5.97 Å². The molecule has 2 rings (SSSR count). The van der Waals surface area contributed by atoms with Crippen LogP contribution in [0.4, 0.5) is 0 Å². The summed E-state index contributed by atoms with van der Waals surface area (Å²) in [5, 5.41) is 0. The Kier molecular flexibility index (Phi) is 6.40. The molecule has 2 aromatic carbocycles. The third kappa shape index (κ3) is 4.60. The molecule has 5 heteroatoms. The SMILES string of the molecule is CONC(=CC(=O)OC)c1ccccc1OCc1ccccc1C. The minimum Gasteiger partial charge on any atom is -0.488 e. The van der Waals surface area contributed by atoms with Crippen LogP contribution in [0.25, 0.3) is 5.70 Å². The molecule has 0 radical (unpaired) electrons. The van der Waals surface area contributed by atoms with E-state index in [0.29, 0.717) is 23.6 Å². The zero-order valence-electron chi connectivity index (χ0n) is 14.0. The van der Waals surface area contributed by atoms with Crippen LogP contribution in [0.15, 0.2) is 54.6 Å². The molecule has 0 aliphatic carbocycles. The summed E-state index contributed by atoms with van der Waals surface area (Å²) in [6, 6.07) is 15.5. The van der Waals surface area contributed by atoms with Crippen molar-refractivity contribution in [1.82, 2.24) is 5.48 Å². The van der Waals surface area contributed by atoms with Gasteiger partial charge in [0.15, 0.2) is 0 Å². The summed E-state index contributed by atoms with van der Waals surface area (Å²) in [7, 11) is 2.80. The van der Waals surface area contributed by atoms with Crippen molar-refractivity contribution >= 4 is 11.7 Å². The molecule has 0 aliphatic rings. The number of methoxy groups -OCH3 is 1. The lowest BCUT2D eigenvalue weighted by Crippen LogP contribution is -2.13. The van der Waals surface area contributed by atoms with Crippen molar-refractivity contribution < 1.29 is 19.1 Å². The molecule has 0 bridgehead atoms. The summed E-state index contributed by atoms with van der Waals surface area (Å²) in [6.07, 6.45) is 1.32. The molecule has 0 aromatic heterocycles. The van der Waals surface area contributed by atoms with Crippen LogP contribution in [0.2, 0.25) is 0 Å². The van der Waals surface area contributed by atoms with Gasteiger partial charge in [-0.25, -0.2) is 4.79 Å². The number of hydroxylamine groups is 1. The van der Waals surface area contributed by atoms with Crippen LogP contribution in [0.5, 0.6) is 5.75 Å². The molecule has 0 saturated carbocycles. The summed E-state index contributed by atoms with van der Waals surface area (Å²) >= 11 is 0. The predicted molar refractivity (Wildman–Crippen MR) is 92.1 cm³/mol. The number of ether oxygens (including phenoxy) is 2. The first-order valence-electron chi connectivity index (χ1n) is 7.51.